The Balaban J connectivity index is 2.22. The Hall–Kier alpha value is -1.55. The molecule has 0 N–H and O–H groups in total. The predicted molar refractivity (Wildman–Crippen MR) is 77.8 cm³/mol. The lowest BCUT2D eigenvalue weighted by molar-refractivity contribution is 0.289. The van der Waals surface area contributed by atoms with Gasteiger partial charge in [0.25, 0.3) is 0 Å². The van der Waals surface area contributed by atoms with Gasteiger partial charge in [0.05, 0.1) is 16.4 Å². The first-order chi connectivity index (χ1) is 9.56. The second-order valence-corrected chi connectivity index (χ2v) is 4.95. The molecule has 2 rings (SSSR count). The van der Waals surface area contributed by atoms with E-state index in [0.717, 1.165) is 29.9 Å². The lowest BCUT2D eigenvalue weighted by Gasteiger charge is -2.10. The summed E-state index contributed by atoms with van der Waals surface area (Å²) < 4.78 is 20.8. The smallest absolute Gasteiger partial charge is 0.131 e. The van der Waals surface area contributed by atoms with Crippen LogP contribution in [-0.2, 0) is 19.6 Å². The van der Waals surface area contributed by atoms with Gasteiger partial charge >= 0.3 is 0 Å². The summed E-state index contributed by atoms with van der Waals surface area (Å²) in [5.41, 5.74) is 2.58. The number of nitrogens with zero attached hydrogens (tertiary/aromatic N) is 2. The molecule has 1 heterocycles. The molecule has 0 bridgehead atoms. The number of aryl methyl sites for hydroxylation is 3. The van der Waals surface area contributed by atoms with Crippen LogP contribution in [0.15, 0.2) is 18.2 Å². The molecule has 1 aromatic carbocycles. The van der Waals surface area contributed by atoms with E-state index in [9.17, 15) is 4.39 Å². The minimum atomic E-state index is -0.310. The van der Waals surface area contributed by atoms with Crippen LogP contribution in [0.5, 0.6) is 5.75 Å². The highest BCUT2D eigenvalue weighted by atomic mass is 35.5. The molecule has 3 nitrogen and oxygen atoms in total. The van der Waals surface area contributed by atoms with Crippen LogP contribution in [0.25, 0.3) is 0 Å². The lowest BCUT2D eigenvalue weighted by Crippen LogP contribution is -2.07. The van der Waals surface area contributed by atoms with Crippen LogP contribution in [0, 0.1) is 12.7 Å². The summed E-state index contributed by atoms with van der Waals surface area (Å²) in [6, 6.07) is 4.50. The first kappa shape index (κ1) is 14.9. The van der Waals surface area contributed by atoms with E-state index in [1.54, 1.807) is 6.07 Å². The summed E-state index contributed by atoms with van der Waals surface area (Å²) >= 11 is 6.31. The van der Waals surface area contributed by atoms with Gasteiger partial charge in [0.1, 0.15) is 18.2 Å². The van der Waals surface area contributed by atoms with E-state index >= 15 is 0 Å². The second kappa shape index (κ2) is 6.27. The third-order valence-electron chi connectivity index (χ3n) is 3.21. The van der Waals surface area contributed by atoms with Crippen molar-refractivity contribution >= 4 is 11.6 Å². The summed E-state index contributed by atoms with van der Waals surface area (Å²) in [5, 5.41) is 5.07. The Morgan fingerprint density at radius 2 is 2.10 bits per heavy atom. The SMILES string of the molecule is CCc1nn(CC)c(COc2cc(F)ccc2C)c1Cl. The van der Waals surface area contributed by atoms with Crippen molar-refractivity contribution in [3.05, 3.63) is 46.0 Å². The summed E-state index contributed by atoms with van der Waals surface area (Å²) in [6.45, 7) is 6.89. The molecule has 5 heteroatoms. The quantitative estimate of drug-likeness (QED) is 0.829. The van der Waals surface area contributed by atoms with Crippen molar-refractivity contribution in [1.29, 1.82) is 0 Å². The molecule has 1 aromatic heterocycles. The zero-order valence-corrected chi connectivity index (χ0v) is 12.7. The van der Waals surface area contributed by atoms with E-state index in [1.165, 1.54) is 12.1 Å². The predicted octanol–water partition coefficient (Wildman–Crippen LogP) is 4.15. The Labute approximate surface area is 123 Å². The first-order valence-corrected chi connectivity index (χ1v) is 7.07. The number of hydrogen-bond acceptors (Lipinski definition) is 2. The monoisotopic (exact) mass is 296 g/mol. The van der Waals surface area contributed by atoms with Gasteiger partial charge < -0.3 is 4.74 Å². The molecule has 0 spiro atoms. The van der Waals surface area contributed by atoms with Gasteiger partial charge in [-0.2, -0.15) is 5.10 Å². The molecule has 0 fully saturated rings. The molecule has 20 heavy (non-hydrogen) atoms. The zero-order valence-electron chi connectivity index (χ0n) is 11.9. The molecule has 108 valence electrons. The van der Waals surface area contributed by atoms with E-state index in [1.807, 2.05) is 25.5 Å². The topological polar surface area (TPSA) is 27.1 Å². The van der Waals surface area contributed by atoms with Crippen LogP contribution >= 0.6 is 11.6 Å². The van der Waals surface area contributed by atoms with Crippen LogP contribution in [0.2, 0.25) is 5.02 Å². The molecule has 0 unspecified atom stereocenters. The molecule has 0 saturated heterocycles. The van der Waals surface area contributed by atoms with Crippen LogP contribution in [0.4, 0.5) is 4.39 Å². The Kier molecular flexibility index (Phi) is 4.65. The van der Waals surface area contributed by atoms with E-state index in [2.05, 4.69) is 5.10 Å². The lowest BCUT2D eigenvalue weighted by atomic mass is 10.2. The average molecular weight is 297 g/mol. The summed E-state index contributed by atoms with van der Waals surface area (Å²) in [6.07, 6.45) is 0.776. The highest BCUT2D eigenvalue weighted by molar-refractivity contribution is 6.31. The van der Waals surface area contributed by atoms with Gasteiger partial charge in [0.15, 0.2) is 0 Å². The number of aromatic nitrogens is 2. The normalized spacial score (nSPS) is 10.8. The van der Waals surface area contributed by atoms with Crippen molar-refractivity contribution in [2.45, 2.75) is 40.3 Å². The van der Waals surface area contributed by atoms with E-state index in [4.69, 9.17) is 16.3 Å². The van der Waals surface area contributed by atoms with Gasteiger partial charge in [-0.05, 0) is 31.9 Å². The van der Waals surface area contributed by atoms with Crippen LogP contribution < -0.4 is 4.74 Å². The standard InChI is InChI=1S/C15H18ClFN2O/c1-4-12-15(16)13(19(5-2)18-12)9-20-14-8-11(17)7-6-10(14)3/h6-8H,4-5,9H2,1-3H3. The minimum Gasteiger partial charge on any atom is -0.487 e. The average Bonchev–Trinajstić information content (AvgIpc) is 2.75. The van der Waals surface area contributed by atoms with Gasteiger partial charge in [0.2, 0.25) is 0 Å². The van der Waals surface area contributed by atoms with E-state index in [-0.39, 0.29) is 12.4 Å². The van der Waals surface area contributed by atoms with Crippen LogP contribution in [-0.4, -0.2) is 9.78 Å². The highest BCUT2D eigenvalue weighted by Crippen LogP contribution is 2.25. The van der Waals surface area contributed by atoms with Gasteiger partial charge in [0, 0.05) is 12.6 Å². The molecule has 0 aliphatic rings. The van der Waals surface area contributed by atoms with E-state index in [0.29, 0.717) is 10.8 Å². The molecule has 0 atom stereocenters. The minimum absolute atomic E-state index is 0.282. The maximum Gasteiger partial charge on any atom is 0.131 e. The molecule has 0 aliphatic carbocycles. The second-order valence-electron chi connectivity index (χ2n) is 4.58. The Morgan fingerprint density at radius 3 is 2.75 bits per heavy atom. The maximum atomic E-state index is 13.2. The third-order valence-corrected chi connectivity index (χ3v) is 3.65. The third kappa shape index (κ3) is 2.96. The maximum absolute atomic E-state index is 13.2. The Morgan fingerprint density at radius 1 is 1.35 bits per heavy atom. The first-order valence-electron chi connectivity index (χ1n) is 6.69. The number of ether oxygens (including phenoxy) is 1. The molecule has 0 amide bonds. The number of hydrogen-bond donors (Lipinski definition) is 0. The summed E-state index contributed by atoms with van der Waals surface area (Å²) in [5.74, 6) is 0.220. The fourth-order valence-electron chi connectivity index (χ4n) is 2.03. The van der Waals surface area contributed by atoms with Crippen LogP contribution in [0.1, 0.15) is 30.8 Å². The molecule has 0 radical (unpaired) electrons. The van der Waals surface area contributed by atoms with Gasteiger partial charge in [-0.15, -0.1) is 0 Å². The molecular weight excluding hydrogens is 279 g/mol. The van der Waals surface area contributed by atoms with Gasteiger partial charge in [-0.3, -0.25) is 4.68 Å². The fourth-order valence-corrected chi connectivity index (χ4v) is 2.35. The molecule has 0 saturated carbocycles. The zero-order chi connectivity index (χ0) is 14.7. The number of halogens is 2. The van der Waals surface area contributed by atoms with Crippen molar-refractivity contribution < 1.29 is 9.13 Å². The van der Waals surface area contributed by atoms with Gasteiger partial charge in [-0.25, -0.2) is 4.39 Å². The molecule has 0 aliphatic heterocycles. The van der Waals surface area contributed by atoms with Crippen molar-refractivity contribution in [3.8, 4) is 5.75 Å². The molecule has 2 aromatic rings. The largest absolute Gasteiger partial charge is 0.487 e. The Bertz CT molecular complexity index is 610. The number of rotatable bonds is 5. The fraction of sp³-hybridized carbons (Fsp3) is 0.400. The van der Waals surface area contributed by atoms with Gasteiger partial charge in [-0.1, -0.05) is 24.6 Å². The van der Waals surface area contributed by atoms with Crippen molar-refractivity contribution in [2.75, 3.05) is 0 Å². The number of benzene rings is 1. The van der Waals surface area contributed by atoms with Crippen LogP contribution in [0.3, 0.4) is 0 Å². The van der Waals surface area contributed by atoms with Crippen molar-refractivity contribution in [1.82, 2.24) is 9.78 Å². The van der Waals surface area contributed by atoms with Crippen molar-refractivity contribution in [2.24, 2.45) is 0 Å². The summed E-state index contributed by atoms with van der Waals surface area (Å²) in [7, 11) is 0. The summed E-state index contributed by atoms with van der Waals surface area (Å²) in [4.78, 5) is 0. The molecular formula is C15H18ClFN2O. The van der Waals surface area contributed by atoms with Crippen molar-refractivity contribution in [3.63, 3.8) is 0 Å². The van der Waals surface area contributed by atoms with E-state index < -0.39 is 0 Å². The highest BCUT2D eigenvalue weighted by Gasteiger charge is 2.15.